The maximum absolute atomic E-state index is 11.9. The van der Waals surface area contributed by atoms with E-state index in [9.17, 15) is 4.79 Å². The predicted octanol–water partition coefficient (Wildman–Crippen LogP) is 3.26. The Hall–Kier alpha value is -1.07. The normalized spacial score (nSPS) is 10.3. The number of nitrogens with two attached hydrogens (primary N) is 1. The van der Waals surface area contributed by atoms with Gasteiger partial charge in [0, 0.05) is 12.2 Å². The molecule has 0 aliphatic carbocycles. The molecule has 1 rings (SSSR count). The van der Waals surface area contributed by atoms with Gasteiger partial charge < -0.3 is 15.8 Å². The molecule has 1 aromatic rings. The Kier molecular flexibility index (Phi) is 6.87. The highest BCUT2D eigenvalue weighted by Crippen LogP contribution is 2.29. The van der Waals surface area contributed by atoms with Crippen molar-refractivity contribution >= 4 is 40.7 Å². The van der Waals surface area contributed by atoms with Gasteiger partial charge in [0.15, 0.2) is 0 Å². The smallest absolute Gasteiger partial charge is 0.340 e. The second-order valence-corrected chi connectivity index (χ2v) is 5.31. The molecule has 1 aromatic carbocycles. The van der Waals surface area contributed by atoms with Gasteiger partial charge >= 0.3 is 5.97 Å². The highest BCUT2D eigenvalue weighted by Gasteiger charge is 2.16. The Morgan fingerprint density at radius 3 is 2.89 bits per heavy atom. The molecule has 0 aliphatic heterocycles. The lowest BCUT2D eigenvalue weighted by Gasteiger charge is -2.14. The van der Waals surface area contributed by atoms with Crippen molar-refractivity contribution < 1.29 is 9.53 Å². The van der Waals surface area contributed by atoms with Crippen molar-refractivity contribution in [3.63, 3.8) is 0 Å². The summed E-state index contributed by atoms with van der Waals surface area (Å²) in [7, 11) is 0. The Morgan fingerprint density at radius 2 is 2.26 bits per heavy atom. The van der Waals surface area contributed by atoms with Gasteiger partial charge in [0.1, 0.15) is 0 Å². The van der Waals surface area contributed by atoms with Crippen LogP contribution in [0.5, 0.6) is 0 Å². The van der Waals surface area contributed by atoms with E-state index in [1.807, 2.05) is 0 Å². The summed E-state index contributed by atoms with van der Waals surface area (Å²) in [6.07, 6.45) is 3.05. The summed E-state index contributed by atoms with van der Waals surface area (Å²) in [5, 5.41) is 3.62. The minimum Gasteiger partial charge on any atom is -0.462 e. The molecule has 6 heteroatoms. The van der Waals surface area contributed by atoms with Gasteiger partial charge in [-0.05, 0) is 37.5 Å². The Morgan fingerprint density at radius 1 is 1.53 bits per heavy atom. The van der Waals surface area contributed by atoms with Gasteiger partial charge in [-0.15, -0.1) is 0 Å². The molecule has 0 bridgehead atoms. The molecule has 106 valence electrons. The summed E-state index contributed by atoms with van der Waals surface area (Å²) in [6, 6.07) is 3.21. The van der Waals surface area contributed by atoms with Crippen molar-refractivity contribution in [3.8, 4) is 0 Å². The molecule has 0 amide bonds. The number of benzene rings is 1. The third kappa shape index (κ3) is 4.84. The quantitative estimate of drug-likeness (QED) is 0.460. The zero-order valence-corrected chi connectivity index (χ0v) is 12.7. The molecule has 0 heterocycles. The number of ether oxygens (including phenoxy) is 1. The molecule has 0 aromatic heterocycles. The minimum absolute atomic E-state index is 0.317. The van der Waals surface area contributed by atoms with Crippen molar-refractivity contribution in [2.24, 2.45) is 0 Å². The number of rotatable bonds is 7. The van der Waals surface area contributed by atoms with Crippen LogP contribution in [0, 0.1) is 0 Å². The van der Waals surface area contributed by atoms with Crippen LogP contribution in [0.3, 0.4) is 0 Å². The van der Waals surface area contributed by atoms with Crippen molar-refractivity contribution in [1.82, 2.24) is 0 Å². The van der Waals surface area contributed by atoms with Crippen molar-refractivity contribution in [1.29, 1.82) is 0 Å². The summed E-state index contributed by atoms with van der Waals surface area (Å²) in [4.78, 5) is 11.9. The molecule has 19 heavy (non-hydrogen) atoms. The predicted molar refractivity (Wildman–Crippen MR) is 83.3 cm³/mol. The number of thioether (sulfide) groups is 1. The van der Waals surface area contributed by atoms with E-state index in [1.165, 1.54) is 0 Å². The summed E-state index contributed by atoms with van der Waals surface area (Å²) in [5.74, 6) is 0.637. The fourth-order valence-corrected chi connectivity index (χ4v) is 2.33. The number of halogens is 1. The third-order valence-corrected chi connectivity index (χ3v) is 3.43. The van der Waals surface area contributed by atoms with Crippen LogP contribution < -0.4 is 11.1 Å². The first-order valence-corrected chi connectivity index (χ1v) is 7.86. The van der Waals surface area contributed by atoms with Gasteiger partial charge in [-0.1, -0.05) is 11.6 Å². The Bertz CT molecular complexity index is 441. The molecular formula is C13H19ClN2O2S. The van der Waals surface area contributed by atoms with Gasteiger partial charge in [-0.3, -0.25) is 0 Å². The number of anilines is 2. The lowest BCUT2D eigenvalue weighted by molar-refractivity contribution is 0.0527. The SMILES string of the molecule is CCOC(=O)c1cc(N)cc(Cl)c1NCCCSC. The van der Waals surface area contributed by atoms with E-state index in [-0.39, 0.29) is 0 Å². The van der Waals surface area contributed by atoms with E-state index < -0.39 is 5.97 Å². The van der Waals surface area contributed by atoms with E-state index in [4.69, 9.17) is 22.1 Å². The summed E-state index contributed by atoms with van der Waals surface area (Å²) < 4.78 is 5.01. The van der Waals surface area contributed by atoms with Crippen molar-refractivity contribution in [2.75, 3.05) is 36.2 Å². The Balaban J connectivity index is 2.90. The average Bonchev–Trinajstić information content (AvgIpc) is 2.36. The number of nitrogens with one attached hydrogen (secondary N) is 1. The summed E-state index contributed by atoms with van der Waals surface area (Å²) in [6.45, 7) is 2.82. The number of nitrogen functional groups attached to an aromatic ring is 1. The van der Waals surface area contributed by atoms with Gasteiger partial charge in [0.05, 0.1) is 22.9 Å². The number of hydrogen-bond acceptors (Lipinski definition) is 5. The molecule has 0 atom stereocenters. The lowest BCUT2D eigenvalue weighted by atomic mass is 10.1. The van der Waals surface area contributed by atoms with Gasteiger partial charge in [-0.2, -0.15) is 11.8 Å². The molecule has 0 saturated heterocycles. The van der Waals surface area contributed by atoms with Crippen LogP contribution in [0.15, 0.2) is 12.1 Å². The molecule has 0 fully saturated rings. The molecule has 3 N–H and O–H groups in total. The van der Waals surface area contributed by atoms with Crippen LogP contribution in [0.2, 0.25) is 5.02 Å². The largest absolute Gasteiger partial charge is 0.462 e. The molecule has 0 saturated carbocycles. The highest BCUT2D eigenvalue weighted by atomic mass is 35.5. The van der Waals surface area contributed by atoms with Gasteiger partial charge in [0.2, 0.25) is 0 Å². The van der Waals surface area contributed by atoms with Crippen molar-refractivity contribution in [3.05, 3.63) is 22.7 Å². The van der Waals surface area contributed by atoms with Crippen LogP contribution in [0.4, 0.5) is 11.4 Å². The van der Waals surface area contributed by atoms with Gasteiger partial charge in [0.25, 0.3) is 0 Å². The molecular weight excluding hydrogens is 284 g/mol. The maximum Gasteiger partial charge on any atom is 0.340 e. The third-order valence-electron chi connectivity index (χ3n) is 2.43. The lowest BCUT2D eigenvalue weighted by Crippen LogP contribution is -2.12. The second kappa shape index (κ2) is 8.17. The van der Waals surface area contributed by atoms with Crippen LogP contribution in [-0.2, 0) is 4.74 Å². The number of esters is 1. The van der Waals surface area contributed by atoms with E-state index in [1.54, 1.807) is 30.8 Å². The second-order valence-electron chi connectivity index (χ2n) is 3.92. The first kappa shape index (κ1) is 16.0. The molecule has 0 radical (unpaired) electrons. The summed E-state index contributed by atoms with van der Waals surface area (Å²) in [5.41, 5.74) is 7.14. The zero-order chi connectivity index (χ0) is 14.3. The number of hydrogen-bond donors (Lipinski definition) is 2. The first-order valence-electron chi connectivity index (χ1n) is 6.09. The zero-order valence-electron chi connectivity index (χ0n) is 11.2. The molecule has 4 nitrogen and oxygen atoms in total. The topological polar surface area (TPSA) is 64.3 Å². The van der Waals surface area contributed by atoms with E-state index in [0.29, 0.717) is 28.6 Å². The van der Waals surface area contributed by atoms with E-state index in [0.717, 1.165) is 18.7 Å². The standard InChI is InChI=1S/C13H19ClN2O2S/c1-3-18-13(17)10-7-9(15)8-11(14)12(10)16-5-4-6-19-2/h7-8,16H,3-6,15H2,1-2H3. The average molecular weight is 303 g/mol. The summed E-state index contributed by atoms with van der Waals surface area (Å²) >= 11 is 7.91. The van der Waals surface area contributed by atoms with Gasteiger partial charge in [-0.25, -0.2) is 4.79 Å². The monoisotopic (exact) mass is 302 g/mol. The maximum atomic E-state index is 11.9. The fourth-order valence-electron chi connectivity index (χ4n) is 1.61. The highest BCUT2D eigenvalue weighted by molar-refractivity contribution is 7.98. The van der Waals surface area contributed by atoms with Crippen LogP contribution in [0.1, 0.15) is 23.7 Å². The molecule has 0 spiro atoms. The fraction of sp³-hybridized carbons (Fsp3) is 0.462. The van der Waals surface area contributed by atoms with E-state index >= 15 is 0 Å². The first-order chi connectivity index (χ1) is 9.10. The van der Waals surface area contributed by atoms with E-state index in [2.05, 4.69) is 11.6 Å². The molecule has 0 aliphatic rings. The van der Waals surface area contributed by atoms with Crippen LogP contribution in [-0.4, -0.2) is 31.1 Å². The van der Waals surface area contributed by atoms with Crippen LogP contribution in [0.25, 0.3) is 0 Å². The van der Waals surface area contributed by atoms with Crippen molar-refractivity contribution in [2.45, 2.75) is 13.3 Å². The van der Waals surface area contributed by atoms with Crippen LogP contribution >= 0.6 is 23.4 Å². The minimum atomic E-state index is -0.413. The number of carbonyl (C=O) groups is 1. The molecule has 0 unspecified atom stereocenters. The number of carbonyl (C=O) groups excluding carboxylic acids is 1. The Labute approximate surface area is 123 Å².